The van der Waals surface area contributed by atoms with Crippen molar-refractivity contribution in [2.45, 2.75) is 13.8 Å². The van der Waals surface area contributed by atoms with E-state index in [1.54, 1.807) is 30.3 Å². The highest BCUT2D eigenvalue weighted by Gasteiger charge is 2.17. The van der Waals surface area contributed by atoms with Crippen molar-refractivity contribution >= 4 is 11.7 Å². The van der Waals surface area contributed by atoms with Gasteiger partial charge in [-0.15, -0.1) is 0 Å². The summed E-state index contributed by atoms with van der Waals surface area (Å²) in [6.07, 6.45) is 0. The number of hydrogen-bond donors (Lipinski definition) is 1. The Morgan fingerprint density at radius 2 is 1.67 bits per heavy atom. The van der Waals surface area contributed by atoms with Gasteiger partial charge in [0, 0.05) is 13.1 Å². The molecule has 0 amide bonds. The zero-order valence-corrected chi connectivity index (χ0v) is 12.2. The van der Waals surface area contributed by atoms with Crippen molar-refractivity contribution in [3.8, 4) is 11.5 Å². The first kappa shape index (κ1) is 14.9. The van der Waals surface area contributed by atoms with E-state index in [4.69, 9.17) is 4.74 Å². The third kappa shape index (κ3) is 3.34. The molecule has 0 radical (unpaired) electrons. The van der Waals surface area contributed by atoms with Crippen LogP contribution in [0.1, 0.15) is 24.2 Å². The minimum Gasteiger partial charge on any atom is -0.504 e. The minimum absolute atomic E-state index is 0.0498. The molecule has 0 atom stereocenters. The Morgan fingerprint density at radius 1 is 1.05 bits per heavy atom. The van der Waals surface area contributed by atoms with Crippen LogP contribution in [0.5, 0.6) is 11.5 Å². The molecular formula is C17H19NO3. The predicted molar refractivity (Wildman–Crippen MR) is 83.1 cm³/mol. The molecule has 0 bridgehead atoms. The average molecular weight is 285 g/mol. The monoisotopic (exact) mass is 285 g/mol. The van der Waals surface area contributed by atoms with E-state index >= 15 is 0 Å². The number of benzene rings is 2. The summed E-state index contributed by atoms with van der Waals surface area (Å²) in [6.45, 7) is 5.68. The van der Waals surface area contributed by atoms with Gasteiger partial charge in [0.1, 0.15) is 0 Å². The van der Waals surface area contributed by atoms with Crippen molar-refractivity contribution < 1.29 is 14.6 Å². The maximum atomic E-state index is 12.4. The number of phenols is 1. The van der Waals surface area contributed by atoms with E-state index < -0.39 is 5.97 Å². The summed E-state index contributed by atoms with van der Waals surface area (Å²) >= 11 is 0. The van der Waals surface area contributed by atoms with E-state index in [1.165, 1.54) is 6.07 Å². The summed E-state index contributed by atoms with van der Waals surface area (Å²) in [4.78, 5) is 14.4. The summed E-state index contributed by atoms with van der Waals surface area (Å²) in [7, 11) is 0. The Morgan fingerprint density at radius 3 is 2.33 bits per heavy atom. The standard InChI is InChI=1S/C17H19NO3/c1-3-18(4-2)14-10-6-5-9-13(14)17(20)21-16-12-8-7-11-15(16)19/h5-12,19H,3-4H2,1-2H3. The van der Waals surface area contributed by atoms with Crippen LogP contribution >= 0.6 is 0 Å². The molecule has 2 rings (SSSR count). The van der Waals surface area contributed by atoms with Crippen LogP contribution in [0.4, 0.5) is 5.69 Å². The van der Waals surface area contributed by atoms with Gasteiger partial charge < -0.3 is 14.7 Å². The molecule has 2 aromatic rings. The quantitative estimate of drug-likeness (QED) is 0.675. The minimum atomic E-state index is -0.473. The fraction of sp³-hybridized carbons (Fsp3) is 0.235. The second kappa shape index (κ2) is 6.79. The van der Waals surface area contributed by atoms with Gasteiger partial charge in [-0.25, -0.2) is 4.79 Å². The van der Waals surface area contributed by atoms with Crippen molar-refractivity contribution in [2.75, 3.05) is 18.0 Å². The molecule has 4 nitrogen and oxygen atoms in total. The molecule has 0 aromatic heterocycles. The number of esters is 1. The largest absolute Gasteiger partial charge is 0.504 e. The third-order valence-electron chi connectivity index (χ3n) is 3.30. The number of carbonyl (C=O) groups is 1. The van der Waals surface area contributed by atoms with Crippen molar-refractivity contribution in [3.63, 3.8) is 0 Å². The number of nitrogens with zero attached hydrogens (tertiary/aromatic N) is 1. The van der Waals surface area contributed by atoms with Gasteiger partial charge in [-0.3, -0.25) is 0 Å². The van der Waals surface area contributed by atoms with Gasteiger partial charge in [0.2, 0.25) is 0 Å². The highest BCUT2D eigenvalue weighted by molar-refractivity contribution is 5.97. The van der Waals surface area contributed by atoms with E-state index in [-0.39, 0.29) is 11.5 Å². The molecule has 0 aliphatic carbocycles. The van der Waals surface area contributed by atoms with E-state index in [0.717, 1.165) is 18.8 Å². The zero-order valence-electron chi connectivity index (χ0n) is 12.2. The van der Waals surface area contributed by atoms with Gasteiger partial charge in [-0.2, -0.15) is 0 Å². The van der Waals surface area contributed by atoms with Crippen LogP contribution in [0.3, 0.4) is 0 Å². The molecular weight excluding hydrogens is 266 g/mol. The number of aromatic hydroxyl groups is 1. The SMILES string of the molecule is CCN(CC)c1ccccc1C(=O)Oc1ccccc1O. The Bertz CT molecular complexity index is 621. The number of para-hydroxylation sites is 3. The van der Waals surface area contributed by atoms with Gasteiger partial charge in [0.05, 0.1) is 11.3 Å². The lowest BCUT2D eigenvalue weighted by molar-refractivity contribution is 0.0730. The smallest absolute Gasteiger partial charge is 0.345 e. The van der Waals surface area contributed by atoms with Crippen molar-refractivity contribution in [2.24, 2.45) is 0 Å². The van der Waals surface area contributed by atoms with Crippen LogP contribution in [-0.4, -0.2) is 24.2 Å². The van der Waals surface area contributed by atoms with Crippen molar-refractivity contribution in [1.29, 1.82) is 0 Å². The Balaban J connectivity index is 2.30. The molecule has 4 heteroatoms. The normalized spacial score (nSPS) is 10.2. The maximum absolute atomic E-state index is 12.4. The number of rotatable bonds is 5. The molecule has 0 aliphatic heterocycles. The van der Waals surface area contributed by atoms with Gasteiger partial charge >= 0.3 is 5.97 Å². The molecule has 0 unspecified atom stereocenters. The maximum Gasteiger partial charge on any atom is 0.345 e. The first-order valence-corrected chi connectivity index (χ1v) is 7.01. The predicted octanol–water partition coefficient (Wildman–Crippen LogP) is 3.46. The van der Waals surface area contributed by atoms with E-state index in [2.05, 4.69) is 4.90 Å². The Hall–Kier alpha value is -2.49. The fourth-order valence-electron chi connectivity index (χ4n) is 2.18. The lowest BCUT2D eigenvalue weighted by atomic mass is 10.1. The molecule has 0 spiro atoms. The fourth-order valence-corrected chi connectivity index (χ4v) is 2.18. The molecule has 1 N–H and O–H groups in total. The van der Waals surface area contributed by atoms with Crippen LogP contribution < -0.4 is 9.64 Å². The molecule has 0 fully saturated rings. The second-order valence-corrected chi connectivity index (χ2v) is 4.55. The van der Waals surface area contributed by atoms with Crippen LogP contribution in [0.25, 0.3) is 0 Å². The zero-order chi connectivity index (χ0) is 15.2. The van der Waals surface area contributed by atoms with Gasteiger partial charge in [0.15, 0.2) is 11.5 Å². The number of ether oxygens (including phenoxy) is 1. The molecule has 0 aliphatic rings. The number of hydrogen-bond acceptors (Lipinski definition) is 4. The molecule has 110 valence electrons. The molecule has 0 saturated heterocycles. The summed E-state index contributed by atoms with van der Waals surface area (Å²) in [5.41, 5.74) is 1.33. The van der Waals surface area contributed by atoms with E-state index in [9.17, 15) is 9.90 Å². The van der Waals surface area contributed by atoms with E-state index in [0.29, 0.717) is 5.56 Å². The number of anilines is 1. The van der Waals surface area contributed by atoms with Crippen molar-refractivity contribution in [1.82, 2.24) is 0 Å². The number of phenolic OH excluding ortho intramolecular Hbond substituents is 1. The Kier molecular flexibility index (Phi) is 4.82. The van der Waals surface area contributed by atoms with Crippen molar-refractivity contribution in [3.05, 3.63) is 54.1 Å². The van der Waals surface area contributed by atoms with Gasteiger partial charge in [-0.05, 0) is 38.1 Å². The van der Waals surface area contributed by atoms with Gasteiger partial charge in [-0.1, -0.05) is 24.3 Å². The second-order valence-electron chi connectivity index (χ2n) is 4.55. The lowest BCUT2D eigenvalue weighted by Gasteiger charge is -2.23. The first-order chi connectivity index (χ1) is 10.2. The summed E-state index contributed by atoms with van der Waals surface area (Å²) < 4.78 is 5.30. The molecule has 0 heterocycles. The Labute approximate surface area is 124 Å². The van der Waals surface area contributed by atoms with Crippen LogP contribution in [0, 0.1) is 0 Å². The average Bonchev–Trinajstić information content (AvgIpc) is 2.51. The first-order valence-electron chi connectivity index (χ1n) is 7.01. The summed E-state index contributed by atoms with van der Waals surface area (Å²) in [6, 6.07) is 13.8. The highest BCUT2D eigenvalue weighted by atomic mass is 16.5. The summed E-state index contributed by atoms with van der Waals surface area (Å²) in [5, 5.41) is 9.69. The molecule has 2 aromatic carbocycles. The molecule has 21 heavy (non-hydrogen) atoms. The lowest BCUT2D eigenvalue weighted by Crippen LogP contribution is -2.25. The topological polar surface area (TPSA) is 49.8 Å². The number of carbonyl (C=O) groups excluding carboxylic acids is 1. The molecule has 0 saturated carbocycles. The highest BCUT2D eigenvalue weighted by Crippen LogP contribution is 2.27. The van der Waals surface area contributed by atoms with Crippen LogP contribution in [-0.2, 0) is 0 Å². The summed E-state index contributed by atoms with van der Waals surface area (Å²) in [5.74, 6) is -0.359. The van der Waals surface area contributed by atoms with Gasteiger partial charge in [0.25, 0.3) is 0 Å². The van der Waals surface area contributed by atoms with Crippen LogP contribution in [0.2, 0.25) is 0 Å². The third-order valence-corrected chi connectivity index (χ3v) is 3.30. The van der Waals surface area contributed by atoms with E-state index in [1.807, 2.05) is 26.0 Å². The van der Waals surface area contributed by atoms with Crippen LogP contribution in [0.15, 0.2) is 48.5 Å².